The van der Waals surface area contributed by atoms with Crippen LogP contribution in [0.4, 0.5) is 4.79 Å². The first-order valence-corrected chi connectivity index (χ1v) is 6.62. The van der Waals surface area contributed by atoms with E-state index >= 15 is 0 Å². The van der Waals surface area contributed by atoms with Crippen molar-refractivity contribution in [3.05, 3.63) is 35.2 Å². The minimum absolute atomic E-state index is 0.235. The molecule has 0 fully saturated rings. The Bertz CT molecular complexity index is 506. The van der Waals surface area contributed by atoms with Crippen LogP contribution in [0, 0.1) is 0 Å². The molecule has 0 aliphatic carbocycles. The zero-order valence-corrected chi connectivity index (χ0v) is 11.0. The predicted octanol–water partition coefficient (Wildman–Crippen LogP) is 2.65. The van der Waals surface area contributed by atoms with Crippen LogP contribution in [0.25, 0.3) is 10.1 Å². The number of fused-ring (bicyclic) bond motifs is 1. The number of carbonyl (C=O) groups excluding carboxylic acids is 1. The van der Waals surface area contributed by atoms with Gasteiger partial charge in [-0.1, -0.05) is 18.2 Å². The van der Waals surface area contributed by atoms with Gasteiger partial charge in [0.15, 0.2) is 0 Å². The molecule has 0 saturated carbocycles. The van der Waals surface area contributed by atoms with E-state index in [1.54, 1.807) is 11.3 Å². The molecule has 1 unspecified atom stereocenters. The summed E-state index contributed by atoms with van der Waals surface area (Å²) in [7, 11) is 0. The monoisotopic (exact) mass is 264 g/mol. The van der Waals surface area contributed by atoms with Gasteiger partial charge in [-0.05, 0) is 24.4 Å². The van der Waals surface area contributed by atoms with Crippen molar-refractivity contribution in [3.8, 4) is 0 Å². The van der Waals surface area contributed by atoms with E-state index in [4.69, 9.17) is 5.73 Å². The van der Waals surface area contributed by atoms with Crippen molar-refractivity contribution < 1.29 is 9.53 Å². The van der Waals surface area contributed by atoms with Crippen molar-refractivity contribution >= 4 is 27.5 Å². The highest BCUT2D eigenvalue weighted by molar-refractivity contribution is 7.19. The largest absolute Gasteiger partial charge is 0.448 e. The number of ether oxygens (including phenoxy) is 1. The number of hydrogen-bond donors (Lipinski definition) is 2. The van der Waals surface area contributed by atoms with E-state index in [2.05, 4.69) is 35.2 Å². The maximum atomic E-state index is 10.4. The molecular weight excluding hydrogens is 248 g/mol. The molecule has 1 atom stereocenters. The van der Waals surface area contributed by atoms with Crippen LogP contribution in [0.2, 0.25) is 0 Å². The summed E-state index contributed by atoms with van der Waals surface area (Å²) in [6, 6.07) is 10.7. The normalized spacial score (nSPS) is 12.5. The second-order valence-corrected chi connectivity index (χ2v) is 5.15. The summed E-state index contributed by atoms with van der Waals surface area (Å²) in [5.74, 6) is 0. The van der Waals surface area contributed by atoms with Crippen molar-refractivity contribution in [1.29, 1.82) is 0 Å². The van der Waals surface area contributed by atoms with Gasteiger partial charge in [-0.3, -0.25) is 0 Å². The number of nitrogens with one attached hydrogen (secondary N) is 1. The average molecular weight is 264 g/mol. The number of hydrogen-bond acceptors (Lipinski definition) is 4. The first-order valence-electron chi connectivity index (χ1n) is 5.81. The topological polar surface area (TPSA) is 64.3 Å². The van der Waals surface area contributed by atoms with E-state index in [1.165, 1.54) is 15.0 Å². The van der Waals surface area contributed by atoms with Crippen LogP contribution < -0.4 is 11.1 Å². The lowest BCUT2D eigenvalue weighted by Crippen LogP contribution is -2.25. The minimum Gasteiger partial charge on any atom is -0.448 e. The molecule has 2 aromatic rings. The van der Waals surface area contributed by atoms with Gasteiger partial charge in [-0.2, -0.15) is 0 Å². The molecule has 0 aliphatic heterocycles. The van der Waals surface area contributed by atoms with Crippen LogP contribution in [0.1, 0.15) is 17.8 Å². The number of carbonyl (C=O) groups is 1. The quantitative estimate of drug-likeness (QED) is 0.816. The molecule has 1 aromatic heterocycles. The number of benzene rings is 1. The van der Waals surface area contributed by atoms with E-state index in [-0.39, 0.29) is 6.04 Å². The third-order valence-corrected chi connectivity index (χ3v) is 3.97. The summed E-state index contributed by atoms with van der Waals surface area (Å²) in [6.07, 6.45) is -0.730. The Kier molecular flexibility index (Phi) is 4.17. The Morgan fingerprint density at radius 1 is 1.50 bits per heavy atom. The summed E-state index contributed by atoms with van der Waals surface area (Å²) in [5.41, 5.74) is 4.88. The molecule has 4 nitrogen and oxygen atoms in total. The molecule has 0 spiro atoms. The van der Waals surface area contributed by atoms with Crippen LogP contribution in [0.5, 0.6) is 0 Å². The van der Waals surface area contributed by atoms with Crippen LogP contribution in [-0.2, 0) is 4.74 Å². The lowest BCUT2D eigenvalue weighted by molar-refractivity contribution is 0.156. The Morgan fingerprint density at radius 2 is 2.28 bits per heavy atom. The predicted molar refractivity (Wildman–Crippen MR) is 73.8 cm³/mol. The lowest BCUT2D eigenvalue weighted by atomic mass is 10.2. The Morgan fingerprint density at radius 3 is 3.00 bits per heavy atom. The highest BCUT2D eigenvalue weighted by Crippen LogP contribution is 2.29. The number of thiophene rings is 1. The minimum atomic E-state index is -0.730. The third-order valence-electron chi connectivity index (χ3n) is 2.67. The standard InChI is InChI=1S/C13H16N2O2S/c1-9(15-6-7-17-13(14)16)12-8-10-4-2-3-5-11(10)18-12/h2-5,8-9,15H,6-7H2,1H3,(H2,14,16). The molecule has 2 rings (SSSR count). The van der Waals surface area contributed by atoms with Crippen molar-refractivity contribution in [3.63, 3.8) is 0 Å². The zero-order valence-electron chi connectivity index (χ0n) is 10.2. The molecular formula is C13H16N2O2S. The Balaban J connectivity index is 1.92. The smallest absolute Gasteiger partial charge is 0.404 e. The molecule has 1 aromatic carbocycles. The maximum Gasteiger partial charge on any atom is 0.404 e. The van der Waals surface area contributed by atoms with Crippen LogP contribution >= 0.6 is 11.3 Å². The summed E-state index contributed by atoms with van der Waals surface area (Å²) in [5, 5.41) is 4.56. The summed E-state index contributed by atoms with van der Waals surface area (Å²) >= 11 is 1.77. The van der Waals surface area contributed by atoms with Crippen LogP contribution in [-0.4, -0.2) is 19.2 Å². The first-order chi connectivity index (χ1) is 8.66. The SMILES string of the molecule is CC(NCCOC(N)=O)c1cc2ccccc2s1. The third kappa shape index (κ3) is 3.21. The molecule has 3 N–H and O–H groups in total. The fourth-order valence-electron chi connectivity index (χ4n) is 1.74. The molecule has 96 valence electrons. The van der Waals surface area contributed by atoms with E-state index in [0.717, 1.165) is 0 Å². The maximum absolute atomic E-state index is 10.4. The lowest BCUT2D eigenvalue weighted by Gasteiger charge is -2.11. The van der Waals surface area contributed by atoms with E-state index in [1.807, 2.05) is 12.1 Å². The Hall–Kier alpha value is -1.59. The van der Waals surface area contributed by atoms with Gasteiger partial charge in [0.25, 0.3) is 0 Å². The second-order valence-electron chi connectivity index (χ2n) is 4.03. The molecule has 0 bridgehead atoms. The highest BCUT2D eigenvalue weighted by atomic mass is 32.1. The van der Waals surface area contributed by atoms with Crippen molar-refractivity contribution in [2.45, 2.75) is 13.0 Å². The van der Waals surface area contributed by atoms with Gasteiger partial charge in [0.1, 0.15) is 6.61 Å². The molecule has 1 amide bonds. The molecule has 5 heteroatoms. The highest BCUT2D eigenvalue weighted by Gasteiger charge is 2.08. The Labute approximate surface area is 110 Å². The van der Waals surface area contributed by atoms with E-state index < -0.39 is 6.09 Å². The van der Waals surface area contributed by atoms with Gasteiger partial charge in [0.05, 0.1) is 0 Å². The summed E-state index contributed by atoms with van der Waals surface area (Å²) in [4.78, 5) is 11.7. The molecule has 18 heavy (non-hydrogen) atoms. The number of primary amides is 1. The van der Waals surface area contributed by atoms with Gasteiger partial charge < -0.3 is 15.8 Å². The molecule has 0 saturated heterocycles. The summed E-state index contributed by atoms with van der Waals surface area (Å²) in [6.45, 7) is 2.98. The van der Waals surface area contributed by atoms with Gasteiger partial charge in [0, 0.05) is 22.2 Å². The van der Waals surface area contributed by atoms with E-state index in [0.29, 0.717) is 13.2 Å². The van der Waals surface area contributed by atoms with Gasteiger partial charge in [-0.25, -0.2) is 4.79 Å². The number of rotatable bonds is 5. The van der Waals surface area contributed by atoms with Gasteiger partial charge in [-0.15, -0.1) is 11.3 Å². The van der Waals surface area contributed by atoms with Crippen LogP contribution in [0.3, 0.4) is 0 Å². The van der Waals surface area contributed by atoms with Gasteiger partial charge >= 0.3 is 6.09 Å². The van der Waals surface area contributed by atoms with E-state index in [9.17, 15) is 4.79 Å². The number of nitrogens with two attached hydrogens (primary N) is 1. The molecule has 1 heterocycles. The van der Waals surface area contributed by atoms with Crippen molar-refractivity contribution in [2.75, 3.05) is 13.2 Å². The molecule has 0 radical (unpaired) electrons. The molecule has 0 aliphatic rings. The summed E-state index contributed by atoms with van der Waals surface area (Å²) < 4.78 is 5.95. The van der Waals surface area contributed by atoms with Crippen molar-refractivity contribution in [2.24, 2.45) is 5.73 Å². The van der Waals surface area contributed by atoms with Gasteiger partial charge in [0.2, 0.25) is 0 Å². The fourth-order valence-corrected chi connectivity index (χ4v) is 2.83. The second kappa shape index (κ2) is 5.84. The average Bonchev–Trinajstić information content (AvgIpc) is 2.78. The zero-order chi connectivity index (χ0) is 13.0. The van der Waals surface area contributed by atoms with Crippen molar-refractivity contribution in [1.82, 2.24) is 5.32 Å². The first kappa shape index (κ1) is 12.9. The fraction of sp³-hybridized carbons (Fsp3) is 0.308. The van der Waals surface area contributed by atoms with Crippen LogP contribution in [0.15, 0.2) is 30.3 Å². The number of amides is 1.